The molecule has 0 spiro atoms. The second-order valence-electron chi connectivity index (χ2n) is 9.55. The molecule has 4 aliphatic rings. The van der Waals surface area contributed by atoms with Crippen LogP contribution in [0.5, 0.6) is 0 Å². The summed E-state index contributed by atoms with van der Waals surface area (Å²) in [6.45, 7) is 2.85. The van der Waals surface area contributed by atoms with Gasteiger partial charge in [0.15, 0.2) is 0 Å². The number of thioether (sulfide) groups is 1. The van der Waals surface area contributed by atoms with Crippen LogP contribution in [0.25, 0.3) is 0 Å². The summed E-state index contributed by atoms with van der Waals surface area (Å²) in [5, 5.41) is 11.4. The van der Waals surface area contributed by atoms with Crippen LogP contribution in [0.2, 0.25) is 0 Å². The highest BCUT2D eigenvalue weighted by Gasteiger charge is 2.50. The molecule has 0 radical (unpaired) electrons. The normalized spacial score (nSPS) is 27.9. The molecule has 0 aliphatic carbocycles. The van der Waals surface area contributed by atoms with Crippen molar-refractivity contribution in [2.75, 3.05) is 36.0 Å². The predicted octanol–water partition coefficient (Wildman–Crippen LogP) is 2.50. The molecule has 1 aromatic carbocycles. The molecular weight excluding hydrogens is 440 g/mol. The molecule has 2 fully saturated rings. The number of nitrogens with zero attached hydrogens (tertiary/aromatic N) is 4. The lowest BCUT2D eigenvalue weighted by Gasteiger charge is -2.54. The number of benzene rings is 1. The molecule has 172 valence electrons. The van der Waals surface area contributed by atoms with Crippen molar-refractivity contribution in [3.63, 3.8) is 0 Å². The van der Waals surface area contributed by atoms with Crippen LogP contribution >= 0.6 is 11.8 Å². The number of rotatable bonds is 2. The van der Waals surface area contributed by atoms with Gasteiger partial charge in [0.25, 0.3) is 11.2 Å². The lowest BCUT2D eigenvalue weighted by molar-refractivity contribution is -0.384. The monoisotopic (exact) mass is 466 g/mol. The number of aromatic nitrogens is 1. The minimum absolute atomic E-state index is 0.00228. The van der Waals surface area contributed by atoms with E-state index in [-0.39, 0.29) is 45.9 Å². The van der Waals surface area contributed by atoms with Crippen LogP contribution in [-0.2, 0) is 17.8 Å². The molecule has 6 rings (SSSR count). The van der Waals surface area contributed by atoms with Crippen molar-refractivity contribution in [1.29, 1.82) is 0 Å². The van der Waals surface area contributed by atoms with E-state index >= 15 is 0 Å². The molecule has 2 saturated heterocycles. The highest BCUT2D eigenvalue weighted by Crippen LogP contribution is 2.48. The largest absolute Gasteiger partial charge is 0.366 e. The minimum Gasteiger partial charge on any atom is -0.366 e. The summed E-state index contributed by atoms with van der Waals surface area (Å²) in [5.74, 6) is 2.19. The van der Waals surface area contributed by atoms with Gasteiger partial charge < -0.3 is 14.4 Å². The number of piperidine rings is 1. The summed E-state index contributed by atoms with van der Waals surface area (Å²) < 4.78 is 1.90. The predicted molar refractivity (Wildman–Crippen MR) is 127 cm³/mol. The van der Waals surface area contributed by atoms with Gasteiger partial charge in [-0.25, -0.2) is 0 Å². The maximum atomic E-state index is 13.8. The van der Waals surface area contributed by atoms with Gasteiger partial charge in [-0.15, -0.1) is 0 Å². The zero-order valence-electron chi connectivity index (χ0n) is 18.3. The van der Waals surface area contributed by atoms with Crippen LogP contribution in [0.1, 0.15) is 23.6 Å². The number of anilines is 1. The van der Waals surface area contributed by atoms with Crippen LogP contribution in [0.15, 0.2) is 41.2 Å². The lowest BCUT2D eigenvalue weighted by atomic mass is 9.69. The molecule has 4 aliphatic heterocycles. The van der Waals surface area contributed by atoms with Crippen molar-refractivity contribution in [3.8, 4) is 0 Å². The first kappa shape index (κ1) is 20.8. The van der Waals surface area contributed by atoms with E-state index in [1.807, 2.05) is 39.4 Å². The molecule has 0 saturated carbocycles. The highest BCUT2D eigenvalue weighted by molar-refractivity contribution is 7.99. The van der Waals surface area contributed by atoms with Crippen molar-refractivity contribution in [1.82, 2.24) is 9.47 Å². The topological polar surface area (TPSA) is 88.7 Å². The third-order valence-electron chi connectivity index (χ3n) is 7.84. The Bertz CT molecular complexity index is 1190. The van der Waals surface area contributed by atoms with E-state index in [2.05, 4.69) is 4.90 Å². The van der Waals surface area contributed by atoms with Gasteiger partial charge >= 0.3 is 0 Å². The van der Waals surface area contributed by atoms with Gasteiger partial charge in [-0.1, -0.05) is 6.07 Å². The van der Waals surface area contributed by atoms with Crippen molar-refractivity contribution in [3.05, 3.63) is 68.1 Å². The van der Waals surface area contributed by atoms with Crippen molar-refractivity contribution >= 4 is 29.0 Å². The van der Waals surface area contributed by atoms with Crippen molar-refractivity contribution < 1.29 is 9.72 Å². The maximum Gasteiger partial charge on any atom is 0.269 e. The Morgan fingerprint density at radius 3 is 2.73 bits per heavy atom. The van der Waals surface area contributed by atoms with Crippen LogP contribution in [0.4, 0.5) is 11.4 Å². The number of nitro groups is 1. The van der Waals surface area contributed by atoms with Gasteiger partial charge in [-0.05, 0) is 36.5 Å². The SMILES string of the molecule is O=C([C@@H]1Cc2cc([N+](=O)[O-])ccc2N2C[C@H]3C[C@@H](Cn4c3cccc4=O)[C@@H]12)N1CCSCC1. The fourth-order valence-corrected chi connectivity index (χ4v) is 7.36. The number of pyridine rings is 1. The van der Waals surface area contributed by atoms with Crippen molar-refractivity contribution in [2.45, 2.75) is 31.3 Å². The average molecular weight is 467 g/mol. The summed E-state index contributed by atoms with van der Waals surface area (Å²) >= 11 is 1.87. The number of carbonyl (C=O) groups is 1. The van der Waals surface area contributed by atoms with E-state index in [0.717, 1.165) is 54.5 Å². The van der Waals surface area contributed by atoms with E-state index < -0.39 is 0 Å². The number of non-ortho nitro benzene ring substituents is 1. The Labute approximate surface area is 195 Å². The number of carbonyl (C=O) groups excluding carboxylic acids is 1. The number of fused-ring (bicyclic) bond motifs is 8. The van der Waals surface area contributed by atoms with Gasteiger partial charge in [0, 0.05) is 79.2 Å². The Morgan fingerprint density at radius 1 is 1.12 bits per heavy atom. The summed E-state index contributed by atoms with van der Waals surface area (Å²) in [4.78, 5) is 41.8. The highest BCUT2D eigenvalue weighted by atomic mass is 32.2. The fraction of sp³-hybridized carbons (Fsp3) is 0.500. The van der Waals surface area contributed by atoms with E-state index in [9.17, 15) is 19.7 Å². The molecule has 1 aromatic heterocycles. The molecule has 8 nitrogen and oxygen atoms in total. The second-order valence-corrected chi connectivity index (χ2v) is 10.8. The minimum atomic E-state index is -0.362. The van der Waals surface area contributed by atoms with E-state index in [4.69, 9.17) is 0 Å². The molecule has 2 bridgehead atoms. The van der Waals surface area contributed by atoms with E-state index in [1.54, 1.807) is 18.2 Å². The second kappa shape index (κ2) is 7.90. The fourth-order valence-electron chi connectivity index (χ4n) is 6.46. The van der Waals surface area contributed by atoms with Gasteiger partial charge in [0.2, 0.25) is 5.91 Å². The van der Waals surface area contributed by atoms with E-state index in [0.29, 0.717) is 13.0 Å². The maximum absolute atomic E-state index is 13.8. The van der Waals surface area contributed by atoms with Gasteiger partial charge in [0.1, 0.15) is 0 Å². The van der Waals surface area contributed by atoms with Crippen LogP contribution < -0.4 is 10.5 Å². The number of hydrogen-bond acceptors (Lipinski definition) is 6. The Balaban J connectivity index is 1.44. The quantitative estimate of drug-likeness (QED) is 0.499. The number of nitro benzene ring substituents is 1. The molecule has 9 heteroatoms. The molecule has 2 aromatic rings. The third-order valence-corrected chi connectivity index (χ3v) is 8.78. The third kappa shape index (κ3) is 3.36. The molecule has 1 amide bonds. The van der Waals surface area contributed by atoms with Gasteiger partial charge in [-0.3, -0.25) is 19.7 Å². The summed E-state index contributed by atoms with van der Waals surface area (Å²) in [6, 6.07) is 10.6. The molecule has 0 N–H and O–H groups in total. The molecule has 5 heterocycles. The zero-order chi connectivity index (χ0) is 22.7. The molecule has 33 heavy (non-hydrogen) atoms. The van der Waals surface area contributed by atoms with E-state index in [1.165, 1.54) is 0 Å². The Kier molecular flexibility index (Phi) is 4.97. The molecular formula is C24H26N4O4S. The smallest absolute Gasteiger partial charge is 0.269 e. The summed E-state index contributed by atoms with van der Waals surface area (Å²) in [7, 11) is 0. The van der Waals surface area contributed by atoms with Crippen LogP contribution in [-0.4, -0.2) is 57.5 Å². The average Bonchev–Trinajstić information content (AvgIpc) is 2.84. The summed E-state index contributed by atoms with van der Waals surface area (Å²) in [6.07, 6.45) is 1.48. The first-order valence-electron chi connectivity index (χ1n) is 11.6. The van der Waals surface area contributed by atoms with Crippen LogP contribution in [0, 0.1) is 22.0 Å². The van der Waals surface area contributed by atoms with Crippen molar-refractivity contribution in [2.24, 2.45) is 11.8 Å². The van der Waals surface area contributed by atoms with Gasteiger partial charge in [-0.2, -0.15) is 11.8 Å². The zero-order valence-corrected chi connectivity index (χ0v) is 19.1. The standard InChI is InChI=1S/C24H26N4O4S/c29-22-3-1-2-20-16-10-17(14-26(20)22)23-19(24(30)25-6-8-33-9-7-25)12-15-11-18(28(31)32)4-5-21(15)27(23)13-16/h1-5,11,16-17,19,23H,6-10,12-14H2/t16-,17+,19-,23+/m1/s1. The molecule has 0 unspecified atom stereocenters. The first-order valence-corrected chi connectivity index (χ1v) is 12.8. The van der Waals surface area contributed by atoms with Gasteiger partial charge in [0.05, 0.1) is 10.8 Å². The Morgan fingerprint density at radius 2 is 1.94 bits per heavy atom. The summed E-state index contributed by atoms with van der Waals surface area (Å²) in [5.41, 5.74) is 3.04. The number of hydrogen-bond donors (Lipinski definition) is 0. The first-order chi connectivity index (χ1) is 16.0. The molecule has 4 atom stereocenters. The lowest BCUT2D eigenvalue weighted by Crippen LogP contribution is -2.61. The number of amides is 1. The van der Waals surface area contributed by atoms with Crippen LogP contribution in [0.3, 0.4) is 0 Å². The Hall–Kier alpha value is -2.81.